The molecular formula is C23H27NO2. The SMILES string of the molecule is CN1C2COCC1CC(O)(c1ccc3c(c1)C(C)(C)c1ccccc1-3)C2. The minimum Gasteiger partial charge on any atom is -0.385 e. The number of ether oxygens (including phenoxy) is 1. The Kier molecular flexibility index (Phi) is 3.43. The number of fused-ring (bicyclic) bond motifs is 5. The monoisotopic (exact) mass is 349 g/mol. The van der Waals surface area contributed by atoms with Crippen LogP contribution in [0.4, 0.5) is 0 Å². The smallest absolute Gasteiger partial charge is 0.0928 e. The Bertz CT molecular complexity index is 858. The largest absolute Gasteiger partial charge is 0.385 e. The van der Waals surface area contributed by atoms with Crippen LogP contribution in [0.2, 0.25) is 0 Å². The summed E-state index contributed by atoms with van der Waals surface area (Å²) in [5.41, 5.74) is 5.66. The van der Waals surface area contributed by atoms with Crippen LogP contribution >= 0.6 is 0 Å². The first-order chi connectivity index (χ1) is 12.4. The van der Waals surface area contributed by atoms with E-state index < -0.39 is 5.60 Å². The van der Waals surface area contributed by atoms with Crippen molar-refractivity contribution in [3.63, 3.8) is 0 Å². The zero-order chi connectivity index (χ0) is 18.1. The van der Waals surface area contributed by atoms with Gasteiger partial charge in [0.15, 0.2) is 0 Å². The molecule has 3 nitrogen and oxygen atoms in total. The van der Waals surface area contributed by atoms with E-state index in [4.69, 9.17) is 4.74 Å². The quantitative estimate of drug-likeness (QED) is 0.853. The van der Waals surface area contributed by atoms with Crippen LogP contribution in [0.5, 0.6) is 0 Å². The number of hydrogen-bond donors (Lipinski definition) is 1. The van der Waals surface area contributed by atoms with Crippen LogP contribution in [-0.2, 0) is 15.8 Å². The summed E-state index contributed by atoms with van der Waals surface area (Å²) < 4.78 is 5.73. The maximum absolute atomic E-state index is 11.6. The number of aliphatic hydroxyl groups is 1. The summed E-state index contributed by atoms with van der Waals surface area (Å²) in [5.74, 6) is 0. The summed E-state index contributed by atoms with van der Waals surface area (Å²) in [4.78, 5) is 2.39. The lowest BCUT2D eigenvalue weighted by molar-refractivity contribution is -0.137. The maximum Gasteiger partial charge on any atom is 0.0928 e. The Morgan fingerprint density at radius 3 is 2.35 bits per heavy atom. The van der Waals surface area contributed by atoms with Crippen molar-refractivity contribution in [1.29, 1.82) is 0 Å². The highest BCUT2D eigenvalue weighted by molar-refractivity contribution is 5.81. The minimum absolute atomic E-state index is 0.0251. The van der Waals surface area contributed by atoms with Crippen LogP contribution in [0, 0.1) is 0 Å². The fraction of sp³-hybridized carbons (Fsp3) is 0.478. The molecule has 0 amide bonds. The molecule has 5 rings (SSSR count). The lowest BCUT2D eigenvalue weighted by Crippen LogP contribution is -2.59. The fourth-order valence-electron chi connectivity index (χ4n) is 5.37. The van der Waals surface area contributed by atoms with E-state index in [1.807, 2.05) is 0 Å². The van der Waals surface area contributed by atoms with Crippen LogP contribution in [0.25, 0.3) is 11.1 Å². The molecule has 0 spiro atoms. The Hall–Kier alpha value is -1.68. The maximum atomic E-state index is 11.6. The lowest BCUT2D eigenvalue weighted by Gasteiger charge is -2.50. The molecule has 2 heterocycles. The van der Waals surface area contributed by atoms with E-state index in [-0.39, 0.29) is 5.41 Å². The molecule has 0 aromatic heterocycles. The number of piperidine rings is 1. The van der Waals surface area contributed by atoms with Crippen molar-refractivity contribution in [1.82, 2.24) is 4.90 Å². The zero-order valence-corrected chi connectivity index (χ0v) is 15.8. The van der Waals surface area contributed by atoms with Gasteiger partial charge in [-0.3, -0.25) is 4.90 Å². The molecule has 2 unspecified atom stereocenters. The second-order valence-electron chi connectivity index (χ2n) is 8.88. The minimum atomic E-state index is -0.758. The highest BCUT2D eigenvalue weighted by atomic mass is 16.5. The Balaban J connectivity index is 1.58. The third-order valence-corrected chi connectivity index (χ3v) is 7.04. The van der Waals surface area contributed by atoms with Gasteiger partial charge >= 0.3 is 0 Å². The van der Waals surface area contributed by atoms with Gasteiger partial charge in [-0.15, -0.1) is 0 Å². The Morgan fingerprint density at radius 1 is 0.962 bits per heavy atom. The van der Waals surface area contributed by atoms with Crippen LogP contribution in [0.15, 0.2) is 42.5 Å². The molecule has 26 heavy (non-hydrogen) atoms. The molecule has 3 aliphatic rings. The first-order valence-electron chi connectivity index (χ1n) is 9.67. The lowest BCUT2D eigenvalue weighted by atomic mass is 9.75. The average Bonchev–Trinajstić information content (AvgIpc) is 2.85. The van der Waals surface area contributed by atoms with Crippen LogP contribution < -0.4 is 0 Å². The molecule has 1 N–H and O–H groups in total. The molecule has 2 saturated heterocycles. The summed E-state index contributed by atoms with van der Waals surface area (Å²) in [5, 5.41) is 11.6. The van der Waals surface area contributed by atoms with Crippen molar-refractivity contribution < 1.29 is 9.84 Å². The van der Waals surface area contributed by atoms with Crippen molar-refractivity contribution in [2.24, 2.45) is 0 Å². The van der Waals surface area contributed by atoms with Crippen molar-refractivity contribution >= 4 is 0 Å². The normalized spacial score (nSPS) is 32.2. The van der Waals surface area contributed by atoms with Crippen molar-refractivity contribution in [2.75, 3.05) is 20.3 Å². The molecule has 2 aromatic carbocycles. The van der Waals surface area contributed by atoms with Gasteiger partial charge < -0.3 is 9.84 Å². The second kappa shape index (κ2) is 5.41. The number of benzene rings is 2. The first kappa shape index (κ1) is 16.5. The zero-order valence-electron chi connectivity index (χ0n) is 15.8. The summed E-state index contributed by atoms with van der Waals surface area (Å²) in [7, 11) is 2.17. The molecule has 2 aliphatic heterocycles. The van der Waals surface area contributed by atoms with Gasteiger partial charge in [0.2, 0.25) is 0 Å². The standard InChI is InChI=1S/C23H27NO2/c1-22(2)20-7-5-4-6-18(20)19-9-8-15(10-21(19)22)23(25)11-16-13-26-14-17(12-23)24(16)3/h4-10,16-17,25H,11-14H2,1-3H3. The molecular weight excluding hydrogens is 322 g/mol. The van der Waals surface area contributed by atoms with Gasteiger partial charge in [-0.1, -0.05) is 56.3 Å². The van der Waals surface area contributed by atoms with E-state index in [2.05, 4.69) is 68.3 Å². The predicted molar refractivity (Wildman–Crippen MR) is 103 cm³/mol. The topological polar surface area (TPSA) is 32.7 Å². The van der Waals surface area contributed by atoms with E-state index in [1.165, 1.54) is 22.3 Å². The highest BCUT2D eigenvalue weighted by Gasteiger charge is 2.46. The van der Waals surface area contributed by atoms with E-state index in [1.54, 1.807) is 0 Å². The van der Waals surface area contributed by atoms with Gasteiger partial charge in [0, 0.05) is 17.5 Å². The van der Waals surface area contributed by atoms with Crippen molar-refractivity contribution in [2.45, 2.75) is 49.8 Å². The Labute approximate surface area is 155 Å². The van der Waals surface area contributed by atoms with E-state index in [0.29, 0.717) is 12.1 Å². The molecule has 0 radical (unpaired) electrons. The van der Waals surface area contributed by atoms with E-state index in [0.717, 1.165) is 31.6 Å². The summed E-state index contributed by atoms with van der Waals surface area (Å²) >= 11 is 0. The Morgan fingerprint density at radius 2 is 1.62 bits per heavy atom. The van der Waals surface area contributed by atoms with Crippen molar-refractivity contribution in [3.8, 4) is 11.1 Å². The average molecular weight is 349 g/mol. The highest BCUT2D eigenvalue weighted by Crippen LogP contribution is 2.50. The number of likely N-dealkylation sites (N-methyl/N-ethyl adjacent to an activating group) is 1. The third kappa shape index (κ3) is 2.17. The summed E-state index contributed by atoms with van der Waals surface area (Å²) in [6.45, 7) is 6.03. The number of rotatable bonds is 1. The van der Waals surface area contributed by atoms with Crippen LogP contribution in [-0.4, -0.2) is 42.4 Å². The first-order valence-corrected chi connectivity index (χ1v) is 9.67. The molecule has 1 aliphatic carbocycles. The van der Waals surface area contributed by atoms with Gasteiger partial charge in [0.05, 0.1) is 18.8 Å². The van der Waals surface area contributed by atoms with Gasteiger partial charge in [0.25, 0.3) is 0 Å². The molecule has 2 bridgehead atoms. The number of morpholine rings is 1. The molecule has 3 heteroatoms. The number of hydrogen-bond acceptors (Lipinski definition) is 3. The van der Waals surface area contributed by atoms with E-state index >= 15 is 0 Å². The third-order valence-electron chi connectivity index (χ3n) is 7.04. The van der Waals surface area contributed by atoms with Gasteiger partial charge in [0.1, 0.15) is 0 Å². The molecule has 0 saturated carbocycles. The molecule has 136 valence electrons. The summed E-state index contributed by atoms with van der Waals surface area (Å²) in [6.07, 6.45) is 1.48. The van der Waals surface area contributed by atoms with Crippen molar-refractivity contribution in [3.05, 3.63) is 59.2 Å². The molecule has 2 fully saturated rings. The molecule has 2 aromatic rings. The van der Waals surface area contributed by atoms with Gasteiger partial charge in [-0.2, -0.15) is 0 Å². The van der Waals surface area contributed by atoms with Crippen LogP contribution in [0.1, 0.15) is 43.4 Å². The predicted octanol–water partition coefficient (Wildman–Crippen LogP) is 3.67. The van der Waals surface area contributed by atoms with Crippen LogP contribution in [0.3, 0.4) is 0 Å². The van der Waals surface area contributed by atoms with Gasteiger partial charge in [-0.05, 0) is 47.7 Å². The number of nitrogens with zero attached hydrogens (tertiary/aromatic N) is 1. The van der Waals surface area contributed by atoms with Gasteiger partial charge in [-0.25, -0.2) is 0 Å². The fourth-order valence-corrected chi connectivity index (χ4v) is 5.37. The van der Waals surface area contributed by atoms with E-state index in [9.17, 15) is 5.11 Å². The molecule has 2 atom stereocenters. The summed E-state index contributed by atoms with van der Waals surface area (Å²) in [6, 6.07) is 15.9. The second-order valence-corrected chi connectivity index (χ2v) is 8.88.